The number of hydrogen-bond acceptors (Lipinski definition) is 4. The molecular formula is C16H26BrN3O. The molecule has 1 aliphatic rings. The van der Waals surface area contributed by atoms with Gasteiger partial charge < -0.3 is 15.3 Å². The summed E-state index contributed by atoms with van der Waals surface area (Å²) < 4.78 is 1.13. The summed E-state index contributed by atoms with van der Waals surface area (Å²) in [5.74, 6) is 0. The van der Waals surface area contributed by atoms with Crippen molar-refractivity contribution in [3.63, 3.8) is 0 Å². The maximum Gasteiger partial charge on any atom is 0.0558 e. The quantitative estimate of drug-likeness (QED) is 0.820. The van der Waals surface area contributed by atoms with Gasteiger partial charge in [-0.15, -0.1) is 0 Å². The Bertz CT molecular complexity index is 447. The smallest absolute Gasteiger partial charge is 0.0558 e. The maximum atomic E-state index is 9.04. The molecule has 0 bridgehead atoms. The summed E-state index contributed by atoms with van der Waals surface area (Å²) in [6, 6.07) is 6.91. The van der Waals surface area contributed by atoms with Crippen molar-refractivity contribution < 1.29 is 5.11 Å². The van der Waals surface area contributed by atoms with Crippen molar-refractivity contribution in [2.24, 2.45) is 0 Å². The molecule has 21 heavy (non-hydrogen) atoms. The third kappa shape index (κ3) is 4.42. The highest BCUT2D eigenvalue weighted by atomic mass is 79.9. The third-order valence-corrected chi connectivity index (χ3v) is 4.59. The minimum atomic E-state index is 0.251. The Morgan fingerprint density at radius 1 is 1.29 bits per heavy atom. The highest BCUT2D eigenvalue weighted by Crippen LogP contribution is 2.30. The fourth-order valence-electron chi connectivity index (χ4n) is 2.93. The van der Waals surface area contributed by atoms with Crippen molar-refractivity contribution in [3.8, 4) is 0 Å². The lowest BCUT2D eigenvalue weighted by Crippen LogP contribution is -2.47. The zero-order chi connectivity index (χ0) is 15.2. The second-order valence-corrected chi connectivity index (χ2v) is 6.45. The number of nitrogens with one attached hydrogen (secondary N) is 1. The lowest BCUT2D eigenvalue weighted by Gasteiger charge is -2.37. The minimum absolute atomic E-state index is 0.251. The molecule has 2 N–H and O–H groups in total. The van der Waals surface area contributed by atoms with Crippen molar-refractivity contribution in [2.45, 2.75) is 19.9 Å². The molecule has 4 nitrogen and oxygen atoms in total. The van der Waals surface area contributed by atoms with Crippen LogP contribution in [0.2, 0.25) is 0 Å². The van der Waals surface area contributed by atoms with Crippen molar-refractivity contribution in [2.75, 3.05) is 50.8 Å². The Morgan fingerprint density at radius 2 is 2.00 bits per heavy atom. The number of nitrogens with zero attached hydrogens (tertiary/aromatic N) is 2. The van der Waals surface area contributed by atoms with Gasteiger partial charge in [-0.25, -0.2) is 0 Å². The molecule has 118 valence electrons. The summed E-state index contributed by atoms with van der Waals surface area (Å²) in [6.45, 7) is 10.4. The molecule has 0 saturated carbocycles. The first-order valence-electron chi connectivity index (χ1n) is 7.76. The first-order chi connectivity index (χ1) is 10.2. The molecule has 1 atom stereocenters. The molecule has 1 unspecified atom stereocenters. The Hall–Kier alpha value is -0.620. The van der Waals surface area contributed by atoms with Gasteiger partial charge in [-0.3, -0.25) is 4.90 Å². The number of hydrogen-bond donors (Lipinski definition) is 2. The second kappa shape index (κ2) is 8.13. The van der Waals surface area contributed by atoms with Gasteiger partial charge in [0.15, 0.2) is 0 Å². The zero-order valence-electron chi connectivity index (χ0n) is 13.0. The van der Waals surface area contributed by atoms with E-state index in [0.717, 1.165) is 43.7 Å². The van der Waals surface area contributed by atoms with Crippen LogP contribution in [0.1, 0.15) is 25.5 Å². The van der Waals surface area contributed by atoms with E-state index in [0.29, 0.717) is 6.04 Å². The Kier molecular flexibility index (Phi) is 6.48. The van der Waals surface area contributed by atoms with E-state index in [4.69, 9.17) is 5.11 Å². The van der Waals surface area contributed by atoms with Gasteiger partial charge in [0.25, 0.3) is 0 Å². The second-order valence-electron chi connectivity index (χ2n) is 5.53. The molecule has 0 aliphatic carbocycles. The molecule has 0 aromatic heterocycles. The predicted octanol–water partition coefficient (Wildman–Crippen LogP) is 2.23. The van der Waals surface area contributed by atoms with Crippen LogP contribution < -0.4 is 10.2 Å². The molecule has 0 spiro atoms. The molecule has 1 aromatic rings. The van der Waals surface area contributed by atoms with Crippen LogP contribution in [0.5, 0.6) is 0 Å². The number of anilines is 1. The Morgan fingerprint density at radius 3 is 2.62 bits per heavy atom. The van der Waals surface area contributed by atoms with Crippen LogP contribution in [0.25, 0.3) is 0 Å². The maximum absolute atomic E-state index is 9.04. The number of rotatable bonds is 6. The standard InChI is InChI=1S/C16H26BrN3O/c1-3-18-13(2)15-12-14(17)4-5-16(15)20-8-6-19(7-9-20)10-11-21/h4-5,12-13,18,21H,3,6-11H2,1-2H3. The average molecular weight is 356 g/mol. The molecule has 1 fully saturated rings. The molecule has 1 saturated heterocycles. The summed E-state index contributed by atoms with van der Waals surface area (Å²) in [7, 11) is 0. The average Bonchev–Trinajstić information content (AvgIpc) is 2.49. The Labute approximate surface area is 136 Å². The summed E-state index contributed by atoms with van der Waals surface area (Å²) >= 11 is 3.59. The summed E-state index contributed by atoms with van der Waals surface area (Å²) in [5.41, 5.74) is 2.68. The largest absolute Gasteiger partial charge is 0.395 e. The first kappa shape index (κ1) is 16.7. The molecule has 1 aromatic carbocycles. The Balaban J connectivity index is 2.12. The summed E-state index contributed by atoms with van der Waals surface area (Å²) in [4.78, 5) is 4.78. The van der Waals surface area contributed by atoms with Crippen molar-refractivity contribution in [1.29, 1.82) is 0 Å². The van der Waals surface area contributed by atoms with Gasteiger partial charge in [-0.05, 0) is 37.2 Å². The van der Waals surface area contributed by atoms with Crippen LogP contribution in [0.15, 0.2) is 22.7 Å². The van der Waals surface area contributed by atoms with Crippen molar-refractivity contribution >= 4 is 21.6 Å². The summed E-state index contributed by atoms with van der Waals surface area (Å²) in [5, 5.41) is 12.5. The van der Waals surface area contributed by atoms with Crippen molar-refractivity contribution in [3.05, 3.63) is 28.2 Å². The molecule has 1 aliphatic heterocycles. The molecule has 0 radical (unpaired) electrons. The fraction of sp³-hybridized carbons (Fsp3) is 0.625. The van der Waals surface area contributed by atoms with Gasteiger partial charge in [0.2, 0.25) is 0 Å². The van der Waals surface area contributed by atoms with Crippen LogP contribution in [-0.4, -0.2) is 55.9 Å². The number of benzene rings is 1. The van der Waals surface area contributed by atoms with Gasteiger partial charge in [0, 0.05) is 48.9 Å². The number of aliphatic hydroxyl groups excluding tert-OH is 1. The van der Waals surface area contributed by atoms with E-state index in [-0.39, 0.29) is 6.61 Å². The number of piperazine rings is 1. The van der Waals surface area contributed by atoms with Gasteiger partial charge in [-0.1, -0.05) is 22.9 Å². The number of aliphatic hydroxyl groups is 1. The molecule has 5 heteroatoms. The van der Waals surface area contributed by atoms with Gasteiger partial charge in [0.1, 0.15) is 0 Å². The highest BCUT2D eigenvalue weighted by molar-refractivity contribution is 9.10. The molecule has 2 rings (SSSR count). The molecular weight excluding hydrogens is 330 g/mol. The van der Waals surface area contributed by atoms with E-state index < -0.39 is 0 Å². The van der Waals surface area contributed by atoms with E-state index in [2.05, 4.69) is 63.1 Å². The third-order valence-electron chi connectivity index (χ3n) is 4.10. The van der Waals surface area contributed by atoms with E-state index >= 15 is 0 Å². The van der Waals surface area contributed by atoms with Crippen LogP contribution in [0, 0.1) is 0 Å². The number of halogens is 1. The van der Waals surface area contributed by atoms with E-state index in [1.54, 1.807) is 0 Å². The zero-order valence-corrected chi connectivity index (χ0v) is 14.6. The topological polar surface area (TPSA) is 38.7 Å². The fourth-order valence-corrected chi connectivity index (χ4v) is 3.31. The first-order valence-corrected chi connectivity index (χ1v) is 8.56. The number of β-amino-alcohol motifs (C(OH)–C–C–N with tert-alkyl or cyclic N) is 1. The normalized spacial score (nSPS) is 18.0. The SMILES string of the molecule is CCNC(C)c1cc(Br)ccc1N1CCN(CCO)CC1. The van der Waals surface area contributed by atoms with Gasteiger partial charge in [-0.2, -0.15) is 0 Å². The van der Waals surface area contributed by atoms with Crippen molar-refractivity contribution in [1.82, 2.24) is 10.2 Å². The monoisotopic (exact) mass is 355 g/mol. The van der Waals surface area contributed by atoms with Crippen LogP contribution in [0.3, 0.4) is 0 Å². The van der Waals surface area contributed by atoms with Crippen LogP contribution in [0.4, 0.5) is 5.69 Å². The van der Waals surface area contributed by atoms with Gasteiger partial charge >= 0.3 is 0 Å². The van der Waals surface area contributed by atoms with Gasteiger partial charge in [0.05, 0.1) is 6.61 Å². The lowest BCUT2D eigenvalue weighted by atomic mass is 10.0. The highest BCUT2D eigenvalue weighted by Gasteiger charge is 2.20. The van der Waals surface area contributed by atoms with E-state index in [1.165, 1.54) is 11.3 Å². The minimum Gasteiger partial charge on any atom is -0.395 e. The van der Waals surface area contributed by atoms with E-state index in [1.807, 2.05) is 0 Å². The van der Waals surface area contributed by atoms with Crippen LogP contribution in [-0.2, 0) is 0 Å². The lowest BCUT2D eigenvalue weighted by molar-refractivity contribution is 0.188. The predicted molar refractivity (Wildman–Crippen MR) is 92.0 cm³/mol. The van der Waals surface area contributed by atoms with E-state index in [9.17, 15) is 0 Å². The molecule has 0 amide bonds. The van der Waals surface area contributed by atoms with Crippen LogP contribution >= 0.6 is 15.9 Å². The molecule has 1 heterocycles. The summed E-state index contributed by atoms with van der Waals surface area (Å²) in [6.07, 6.45) is 0.